The van der Waals surface area contributed by atoms with Crippen molar-refractivity contribution in [3.8, 4) is 11.6 Å². The number of amides is 1. The first-order valence-corrected chi connectivity index (χ1v) is 8.28. The van der Waals surface area contributed by atoms with Crippen molar-refractivity contribution in [3.05, 3.63) is 88.0 Å². The van der Waals surface area contributed by atoms with Gasteiger partial charge in [-0.2, -0.15) is 0 Å². The third-order valence-corrected chi connectivity index (χ3v) is 3.94. The van der Waals surface area contributed by atoms with Gasteiger partial charge in [0.2, 0.25) is 5.88 Å². The van der Waals surface area contributed by atoms with Crippen molar-refractivity contribution in [3.63, 3.8) is 0 Å². The summed E-state index contributed by atoms with van der Waals surface area (Å²) in [6.07, 6.45) is 1.66. The lowest BCUT2D eigenvalue weighted by Gasteiger charge is -2.09. The molecule has 2 aromatic carbocycles. The average Bonchev–Trinajstić information content (AvgIpc) is 2.61. The summed E-state index contributed by atoms with van der Waals surface area (Å²) >= 11 is 11.9. The van der Waals surface area contributed by atoms with Gasteiger partial charge < -0.3 is 10.1 Å². The first kappa shape index (κ1) is 17.3. The van der Waals surface area contributed by atoms with Gasteiger partial charge in [-0.05, 0) is 42.0 Å². The predicted octanol–water partition coefficient (Wildman–Crippen LogP) is 5.11. The maximum atomic E-state index is 12.2. The molecule has 0 saturated heterocycles. The van der Waals surface area contributed by atoms with Crippen LogP contribution in [0, 0.1) is 0 Å². The molecule has 0 fully saturated rings. The molecule has 1 N–H and O–H groups in total. The van der Waals surface area contributed by atoms with E-state index in [1.165, 1.54) is 0 Å². The Balaban J connectivity index is 1.65. The van der Waals surface area contributed by atoms with Gasteiger partial charge in [-0.3, -0.25) is 4.79 Å². The van der Waals surface area contributed by atoms with E-state index in [4.69, 9.17) is 27.9 Å². The van der Waals surface area contributed by atoms with E-state index in [-0.39, 0.29) is 5.91 Å². The van der Waals surface area contributed by atoms with E-state index >= 15 is 0 Å². The third kappa shape index (κ3) is 4.72. The number of ether oxygens (including phenoxy) is 1. The highest BCUT2D eigenvalue weighted by Crippen LogP contribution is 2.22. The number of hydrogen-bond acceptors (Lipinski definition) is 3. The second-order valence-corrected chi connectivity index (χ2v) is 6.07. The van der Waals surface area contributed by atoms with Gasteiger partial charge in [0.05, 0.1) is 10.6 Å². The second kappa shape index (κ2) is 8.01. The van der Waals surface area contributed by atoms with Gasteiger partial charge in [-0.15, -0.1) is 0 Å². The van der Waals surface area contributed by atoms with Crippen molar-refractivity contribution >= 4 is 29.1 Å². The van der Waals surface area contributed by atoms with Crippen LogP contribution in [0.3, 0.4) is 0 Å². The van der Waals surface area contributed by atoms with E-state index < -0.39 is 0 Å². The summed E-state index contributed by atoms with van der Waals surface area (Å²) in [5.74, 6) is 0.893. The van der Waals surface area contributed by atoms with Gasteiger partial charge in [0, 0.05) is 23.8 Å². The minimum atomic E-state index is -0.266. The zero-order chi connectivity index (χ0) is 17.6. The average molecular weight is 373 g/mol. The molecule has 0 unspecified atom stereocenters. The van der Waals surface area contributed by atoms with E-state index in [0.29, 0.717) is 33.8 Å². The number of benzene rings is 2. The molecule has 1 aromatic heterocycles. The van der Waals surface area contributed by atoms with Crippen LogP contribution in [0.2, 0.25) is 10.0 Å². The maximum Gasteiger partial charge on any atom is 0.253 e. The van der Waals surface area contributed by atoms with Crippen LogP contribution in [-0.2, 0) is 6.54 Å². The predicted molar refractivity (Wildman–Crippen MR) is 98.4 cm³/mol. The van der Waals surface area contributed by atoms with E-state index in [1.54, 1.807) is 30.5 Å². The van der Waals surface area contributed by atoms with Crippen LogP contribution in [-0.4, -0.2) is 10.9 Å². The number of halogens is 2. The summed E-state index contributed by atoms with van der Waals surface area (Å²) in [5, 5.41) is 3.63. The minimum Gasteiger partial charge on any atom is -0.439 e. The molecule has 3 aromatic rings. The van der Waals surface area contributed by atoms with Gasteiger partial charge in [0.1, 0.15) is 5.75 Å². The smallest absolute Gasteiger partial charge is 0.253 e. The van der Waals surface area contributed by atoms with Crippen molar-refractivity contribution in [1.82, 2.24) is 10.3 Å². The SMILES string of the molecule is O=C(NCc1cccc(Oc2ccccn2)c1)c1ccc(Cl)cc1Cl. The van der Waals surface area contributed by atoms with E-state index in [0.717, 1.165) is 5.56 Å². The highest BCUT2D eigenvalue weighted by molar-refractivity contribution is 6.36. The van der Waals surface area contributed by atoms with Gasteiger partial charge in [-0.25, -0.2) is 4.98 Å². The summed E-state index contributed by atoms with van der Waals surface area (Å²) in [6.45, 7) is 0.344. The van der Waals surface area contributed by atoms with Crippen molar-refractivity contribution in [2.24, 2.45) is 0 Å². The summed E-state index contributed by atoms with van der Waals surface area (Å²) in [7, 11) is 0. The molecule has 1 heterocycles. The number of carbonyl (C=O) groups excluding carboxylic acids is 1. The van der Waals surface area contributed by atoms with Gasteiger partial charge in [0.15, 0.2) is 0 Å². The fraction of sp³-hybridized carbons (Fsp3) is 0.0526. The van der Waals surface area contributed by atoms with Crippen LogP contribution >= 0.6 is 23.2 Å². The highest BCUT2D eigenvalue weighted by Gasteiger charge is 2.10. The lowest BCUT2D eigenvalue weighted by Crippen LogP contribution is -2.23. The molecule has 0 aliphatic heterocycles. The fourth-order valence-corrected chi connectivity index (χ4v) is 2.69. The number of pyridine rings is 1. The molecule has 25 heavy (non-hydrogen) atoms. The third-order valence-electron chi connectivity index (χ3n) is 3.39. The van der Waals surface area contributed by atoms with E-state index in [9.17, 15) is 4.79 Å². The van der Waals surface area contributed by atoms with Crippen molar-refractivity contribution in [2.45, 2.75) is 6.54 Å². The zero-order valence-electron chi connectivity index (χ0n) is 13.1. The molecule has 0 aliphatic carbocycles. The highest BCUT2D eigenvalue weighted by atomic mass is 35.5. The Kier molecular flexibility index (Phi) is 5.53. The number of aromatic nitrogens is 1. The fourth-order valence-electron chi connectivity index (χ4n) is 2.20. The molecule has 0 spiro atoms. The Hall–Kier alpha value is -2.56. The van der Waals surface area contributed by atoms with Gasteiger partial charge in [0.25, 0.3) is 5.91 Å². The Bertz CT molecular complexity index is 886. The van der Waals surface area contributed by atoms with Crippen LogP contribution in [0.5, 0.6) is 11.6 Å². The number of hydrogen-bond donors (Lipinski definition) is 1. The number of carbonyl (C=O) groups is 1. The van der Waals surface area contributed by atoms with Gasteiger partial charge in [-0.1, -0.05) is 41.4 Å². The first-order valence-electron chi connectivity index (χ1n) is 7.53. The summed E-state index contributed by atoms with van der Waals surface area (Å²) in [6, 6.07) is 17.6. The number of nitrogens with zero attached hydrogens (tertiary/aromatic N) is 1. The first-order chi connectivity index (χ1) is 12.1. The van der Waals surface area contributed by atoms with Crippen LogP contribution in [0.4, 0.5) is 0 Å². The molecule has 4 nitrogen and oxygen atoms in total. The quantitative estimate of drug-likeness (QED) is 0.676. The molecular weight excluding hydrogens is 359 g/mol. The largest absolute Gasteiger partial charge is 0.439 e. The molecule has 3 rings (SSSR count). The molecule has 0 saturated carbocycles. The summed E-state index contributed by atoms with van der Waals surface area (Å²) < 4.78 is 5.68. The van der Waals surface area contributed by atoms with E-state index in [2.05, 4.69) is 10.3 Å². The number of nitrogens with one attached hydrogen (secondary N) is 1. The molecule has 126 valence electrons. The summed E-state index contributed by atoms with van der Waals surface area (Å²) in [5.41, 5.74) is 1.28. The van der Waals surface area contributed by atoms with Crippen LogP contribution < -0.4 is 10.1 Å². The van der Waals surface area contributed by atoms with E-state index in [1.807, 2.05) is 36.4 Å². The van der Waals surface area contributed by atoms with Crippen LogP contribution in [0.15, 0.2) is 66.9 Å². The Labute approximate surface area is 155 Å². The van der Waals surface area contributed by atoms with Crippen LogP contribution in [0.25, 0.3) is 0 Å². The molecule has 0 bridgehead atoms. The number of rotatable bonds is 5. The van der Waals surface area contributed by atoms with Crippen molar-refractivity contribution in [1.29, 1.82) is 0 Å². The monoisotopic (exact) mass is 372 g/mol. The molecular formula is C19H14Cl2N2O2. The lowest BCUT2D eigenvalue weighted by atomic mass is 10.2. The van der Waals surface area contributed by atoms with Crippen LogP contribution in [0.1, 0.15) is 15.9 Å². The Morgan fingerprint density at radius 2 is 1.92 bits per heavy atom. The zero-order valence-corrected chi connectivity index (χ0v) is 14.6. The Morgan fingerprint density at radius 1 is 1.04 bits per heavy atom. The van der Waals surface area contributed by atoms with Crippen molar-refractivity contribution < 1.29 is 9.53 Å². The minimum absolute atomic E-state index is 0.266. The summed E-state index contributed by atoms with van der Waals surface area (Å²) in [4.78, 5) is 16.4. The topological polar surface area (TPSA) is 51.2 Å². The molecule has 0 radical (unpaired) electrons. The molecule has 0 atom stereocenters. The van der Waals surface area contributed by atoms with Crippen molar-refractivity contribution in [2.75, 3.05) is 0 Å². The Morgan fingerprint density at radius 3 is 2.68 bits per heavy atom. The maximum absolute atomic E-state index is 12.2. The molecule has 6 heteroatoms. The molecule has 1 amide bonds. The molecule has 0 aliphatic rings. The van der Waals surface area contributed by atoms with Gasteiger partial charge >= 0.3 is 0 Å². The second-order valence-electron chi connectivity index (χ2n) is 5.22. The normalized spacial score (nSPS) is 10.3. The lowest BCUT2D eigenvalue weighted by molar-refractivity contribution is 0.0951. The standard InChI is InChI=1S/C19H14Cl2N2O2/c20-14-7-8-16(17(21)11-14)19(24)23-12-13-4-3-5-15(10-13)25-18-6-1-2-9-22-18/h1-11H,12H2,(H,23,24).